The minimum absolute atomic E-state index is 0.488. The van der Waals surface area contributed by atoms with Gasteiger partial charge in [-0.3, -0.25) is 0 Å². The lowest BCUT2D eigenvalue weighted by atomic mass is 10.5. The monoisotopic (exact) mass is 160 g/mol. The summed E-state index contributed by atoms with van der Waals surface area (Å²) in [5, 5.41) is 3.15. The molecule has 2 fully saturated rings. The van der Waals surface area contributed by atoms with Crippen molar-refractivity contribution in [3.63, 3.8) is 0 Å². The lowest BCUT2D eigenvalue weighted by Crippen LogP contribution is -2.25. The predicted molar refractivity (Wildman–Crippen MR) is 42.5 cm³/mol. The molecule has 3 N–H and O–H groups in total. The molecule has 2 aliphatic heterocycles. The normalized spacial score (nSPS) is 25.4. The van der Waals surface area contributed by atoms with Crippen molar-refractivity contribution in [3.05, 3.63) is 0 Å². The Labute approximate surface area is 67.0 Å². The quantitative estimate of drug-likeness (QED) is 0.407. The summed E-state index contributed by atoms with van der Waals surface area (Å²) in [6.07, 6.45) is 0.488. The van der Waals surface area contributed by atoms with Gasteiger partial charge in [-0.15, -0.1) is 0 Å². The van der Waals surface area contributed by atoms with E-state index >= 15 is 0 Å². The van der Waals surface area contributed by atoms with E-state index in [1.807, 2.05) is 0 Å². The molecule has 0 radical (unpaired) electrons. The second kappa shape index (κ2) is 5.49. The van der Waals surface area contributed by atoms with Gasteiger partial charge in [-0.2, -0.15) is 0 Å². The van der Waals surface area contributed by atoms with E-state index in [0.29, 0.717) is 12.6 Å². The molecule has 0 saturated carbocycles. The van der Waals surface area contributed by atoms with Gasteiger partial charge in [-0.25, -0.2) is 0 Å². The highest BCUT2D eigenvalue weighted by atomic mass is 16.6. The molecule has 0 spiro atoms. The largest absolute Gasteiger partial charge is 0.377 e. The fourth-order valence-electron chi connectivity index (χ4n) is 0.551. The van der Waals surface area contributed by atoms with E-state index < -0.39 is 0 Å². The molecular formula is C7H16N2O2. The number of ether oxygens (including phenoxy) is 2. The number of nitrogens with one attached hydrogen (secondary N) is 1. The van der Waals surface area contributed by atoms with Crippen molar-refractivity contribution in [1.29, 1.82) is 0 Å². The van der Waals surface area contributed by atoms with Crippen molar-refractivity contribution < 1.29 is 9.47 Å². The van der Waals surface area contributed by atoms with Crippen LogP contribution in [0.1, 0.15) is 0 Å². The van der Waals surface area contributed by atoms with Gasteiger partial charge in [0.25, 0.3) is 0 Å². The van der Waals surface area contributed by atoms with Crippen molar-refractivity contribution in [2.75, 3.05) is 39.5 Å². The van der Waals surface area contributed by atoms with E-state index in [2.05, 4.69) is 10.1 Å². The van der Waals surface area contributed by atoms with Gasteiger partial charge in [0, 0.05) is 19.6 Å². The first kappa shape index (κ1) is 8.93. The Morgan fingerprint density at radius 1 is 1.45 bits per heavy atom. The van der Waals surface area contributed by atoms with E-state index in [0.717, 1.165) is 32.9 Å². The summed E-state index contributed by atoms with van der Waals surface area (Å²) in [4.78, 5) is 0. The van der Waals surface area contributed by atoms with Crippen LogP contribution in [-0.4, -0.2) is 45.6 Å². The summed E-state index contributed by atoms with van der Waals surface area (Å²) in [6, 6.07) is 0. The number of hydrogen-bond acceptors (Lipinski definition) is 4. The van der Waals surface area contributed by atoms with Crippen molar-refractivity contribution in [1.82, 2.24) is 5.32 Å². The zero-order valence-corrected chi connectivity index (χ0v) is 6.71. The molecule has 4 heteroatoms. The Hall–Kier alpha value is -0.160. The Kier molecular flexibility index (Phi) is 4.45. The predicted octanol–water partition coefficient (Wildman–Crippen LogP) is -1.05. The van der Waals surface area contributed by atoms with Crippen molar-refractivity contribution >= 4 is 0 Å². The molecule has 2 rings (SSSR count). The molecule has 1 atom stereocenters. The summed E-state index contributed by atoms with van der Waals surface area (Å²) < 4.78 is 9.45. The van der Waals surface area contributed by atoms with Gasteiger partial charge in [-0.05, 0) is 0 Å². The molecule has 0 amide bonds. The summed E-state index contributed by atoms with van der Waals surface area (Å²) >= 11 is 0. The first-order valence-electron chi connectivity index (χ1n) is 4.03. The maximum atomic E-state index is 5.23. The molecule has 0 bridgehead atoms. The topological polar surface area (TPSA) is 63.1 Å². The van der Waals surface area contributed by atoms with E-state index in [-0.39, 0.29) is 0 Å². The molecule has 2 aliphatic rings. The average molecular weight is 160 g/mol. The number of epoxide rings is 2. The molecule has 4 nitrogen and oxygen atoms in total. The molecule has 66 valence electrons. The van der Waals surface area contributed by atoms with Crippen LogP contribution in [0.3, 0.4) is 0 Å². The second-order valence-electron chi connectivity index (χ2n) is 2.56. The minimum Gasteiger partial charge on any atom is -0.377 e. The van der Waals surface area contributed by atoms with Crippen molar-refractivity contribution in [3.8, 4) is 0 Å². The first-order valence-corrected chi connectivity index (χ1v) is 4.03. The third-order valence-electron chi connectivity index (χ3n) is 1.30. The fraction of sp³-hybridized carbons (Fsp3) is 1.00. The van der Waals surface area contributed by atoms with E-state index in [1.54, 1.807) is 0 Å². The van der Waals surface area contributed by atoms with Crippen LogP contribution in [0.25, 0.3) is 0 Å². The first-order chi connectivity index (χ1) is 5.43. The molecule has 11 heavy (non-hydrogen) atoms. The van der Waals surface area contributed by atoms with Crippen LogP contribution >= 0.6 is 0 Å². The van der Waals surface area contributed by atoms with E-state index in [9.17, 15) is 0 Å². The Balaban J connectivity index is 0.000000167. The molecule has 0 aromatic rings. The van der Waals surface area contributed by atoms with Crippen LogP contribution in [0.4, 0.5) is 0 Å². The van der Waals surface area contributed by atoms with Crippen molar-refractivity contribution in [2.24, 2.45) is 5.73 Å². The second-order valence-corrected chi connectivity index (χ2v) is 2.56. The molecule has 0 aromatic heterocycles. The average Bonchev–Trinajstić information content (AvgIpc) is 2.87. The molecule has 0 aliphatic carbocycles. The third kappa shape index (κ3) is 7.74. The Morgan fingerprint density at radius 2 is 2.09 bits per heavy atom. The Bertz CT molecular complexity index is 91.7. The number of rotatable bonds is 4. The van der Waals surface area contributed by atoms with E-state index in [4.69, 9.17) is 10.5 Å². The molecule has 2 saturated heterocycles. The number of nitrogens with two attached hydrogens (primary N) is 1. The summed E-state index contributed by atoms with van der Waals surface area (Å²) in [5.74, 6) is 0. The van der Waals surface area contributed by atoms with Crippen LogP contribution in [0.15, 0.2) is 0 Å². The highest BCUT2D eigenvalue weighted by molar-refractivity contribution is 4.71. The standard InChI is InChI=1S/C5H12N2O.C2H4O/c6-1-2-7-3-5-4-8-5;1-2-3-1/h5,7H,1-4,6H2;1-2H2. The van der Waals surface area contributed by atoms with Crippen LogP contribution < -0.4 is 11.1 Å². The summed E-state index contributed by atoms with van der Waals surface area (Å²) in [6.45, 7) is 5.52. The SMILES string of the molecule is C1CO1.NCCNCC1CO1. The van der Waals surface area contributed by atoms with Gasteiger partial charge in [-0.1, -0.05) is 0 Å². The van der Waals surface area contributed by atoms with Gasteiger partial charge < -0.3 is 20.5 Å². The highest BCUT2D eigenvalue weighted by Crippen LogP contribution is 2.05. The lowest BCUT2D eigenvalue weighted by molar-refractivity contribution is 0.398. The molecule has 2 heterocycles. The summed E-state index contributed by atoms with van der Waals surface area (Å²) in [5.41, 5.74) is 5.23. The zero-order valence-electron chi connectivity index (χ0n) is 6.71. The van der Waals surface area contributed by atoms with Crippen LogP contribution in [-0.2, 0) is 9.47 Å². The van der Waals surface area contributed by atoms with Crippen LogP contribution in [0.2, 0.25) is 0 Å². The smallest absolute Gasteiger partial charge is 0.0933 e. The lowest BCUT2D eigenvalue weighted by Gasteiger charge is -1.95. The van der Waals surface area contributed by atoms with E-state index in [1.165, 1.54) is 0 Å². The van der Waals surface area contributed by atoms with Crippen LogP contribution in [0.5, 0.6) is 0 Å². The van der Waals surface area contributed by atoms with Crippen LogP contribution in [0, 0.1) is 0 Å². The zero-order chi connectivity index (χ0) is 7.94. The maximum Gasteiger partial charge on any atom is 0.0933 e. The highest BCUT2D eigenvalue weighted by Gasteiger charge is 2.20. The summed E-state index contributed by atoms with van der Waals surface area (Å²) in [7, 11) is 0. The van der Waals surface area contributed by atoms with Gasteiger partial charge in [0.1, 0.15) is 0 Å². The van der Waals surface area contributed by atoms with Gasteiger partial charge in [0.2, 0.25) is 0 Å². The van der Waals surface area contributed by atoms with Gasteiger partial charge >= 0.3 is 0 Å². The maximum absolute atomic E-state index is 5.23. The number of hydrogen-bond donors (Lipinski definition) is 2. The van der Waals surface area contributed by atoms with Gasteiger partial charge in [0.05, 0.1) is 25.9 Å². The minimum atomic E-state index is 0.488. The molecular weight excluding hydrogens is 144 g/mol. The Morgan fingerprint density at radius 3 is 2.45 bits per heavy atom. The molecule has 0 aromatic carbocycles. The molecule has 1 unspecified atom stereocenters. The van der Waals surface area contributed by atoms with Gasteiger partial charge in [0.15, 0.2) is 0 Å². The third-order valence-corrected chi connectivity index (χ3v) is 1.30. The van der Waals surface area contributed by atoms with Crippen molar-refractivity contribution in [2.45, 2.75) is 6.10 Å². The fourth-order valence-corrected chi connectivity index (χ4v) is 0.551.